The van der Waals surface area contributed by atoms with Gasteiger partial charge in [-0.15, -0.1) is 0 Å². The molecule has 1 aromatic rings. The fourth-order valence-corrected chi connectivity index (χ4v) is 2.44. The highest BCUT2D eigenvalue weighted by Crippen LogP contribution is 2.22. The normalized spacial score (nSPS) is 20.4. The molecule has 2 amide bonds. The molecule has 3 N–H and O–H groups in total. The van der Waals surface area contributed by atoms with Gasteiger partial charge >= 0.3 is 0 Å². The minimum Gasteiger partial charge on any atom is -0.399 e. The number of piperazine rings is 1. The second kappa shape index (κ2) is 5.94. The molecule has 5 heteroatoms. The number of hydrogen-bond donors (Lipinski definition) is 2. The van der Waals surface area contributed by atoms with Crippen molar-refractivity contribution in [1.29, 1.82) is 0 Å². The van der Waals surface area contributed by atoms with Crippen LogP contribution in [-0.2, 0) is 9.59 Å². The Morgan fingerprint density at radius 1 is 1.45 bits per heavy atom. The molecule has 1 saturated heterocycles. The molecule has 1 aliphatic heterocycles. The summed E-state index contributed by atoms with van der Waals surface area (Å²) in [5.41, 5.74) is 7.46. The summed E-state index contributed by atoms with van der Waals surface area (Å²) in [5, 5.41) is 2.76. The van der Waals surface area contributed by atoms with Gasteiger partial charge in [0, 0.05) is 25.2 Å². The lowest BCUT2D eigenvalue weighted by atomic mass is 9.96. The highest BCUT2D eigenvalue weighted by atomic mass is 16.2. The van der Waals surface area contributed by atoms with Gasteiger partial charge in [-0.25, -0.2) is 0 Å². The third kappa shape index (κ3) is 3.10. The van der Waals surface area contributed by atoms with Gasteiger partial charge in [-0.3, -0.25) is 9.59 Å². The van der Waals surface area contributed by atoms with E-state index >= 15 is 0 Å². The number of nitrogen functional groups attached to an aromatic ring is 1. The van der Waals surface area contributed by atoms with E-state index in [1.54, 1.807) is 11.8 Å². The lowest BCUT2D eigenvalue weighted by Gasteiger charge is -2.33. The van der Waals surface area contributed by atoms with Crippen LogP contribution in [-0.4, -0.2) is 35.8 Å². The first-order chi connectivity index (χ1) is 9.49. The van der Waals surface area contributed by atoms with Gasteiger partial charge < -0.3 is 16.0 Å². The average molecular weight is 275 g/mol. The number of anilines is 1. The Morgan fingerprint density at radius 2 is 2.10 bits per heavy atom. The van der Waals surface area contributed by atoms with Crippen molar-refractivity contribution in [1.82, 2.24) is 10.2 Å². The smallest absolute Gasteiger partial charge is 0.242 e. The van der Waals surface area contributed by atoms with Gasteiger partial charge in [-0.05, 0) is 30.5 Å². The Hall–Kier alpha value is -2.04. The molecule has 2 atom stereocenters. The van der Waals surface area contributed by atoms with Crippen LogP contribution in [0.15, 0.2) is 24.3 Å². The van der Waals surface area contributed by atoms with Gasteiger partial charge in [0.1, 0.15) is 6.04 Å². The number of amides is 2. The molecule has 1 aromatic carbocycles. The molecule has 1 heterocycles. The number of carbonyl (C=O) groups is 2. The van der Waals surface area contributed by atoms with E-state index in [0.717, 1.165) is 5.56 Å². The Bertz CT molecular complexity index is 498. The van der Waals surface area contributed by atoms with Crippen molar-refractivity contribution in [3.63, 3.8) is 0 Å². The molecule has 2 rings (SSSR count). The zero-order chi connectivity index (χ0) is 14.7. The van der Waals surface area contributed by atoms with Gasteiger partial charge in [0.25, 0.3) is 0 Å². The average Bonchev–Trinajstić information content (AvgIpc) is 2.42. The van der Waals surface area contributed by atoms with Crippen LogP contribution in [0.3, 0.4) is 0 Å². The van der Waals surface area contributed by atoms with Crippen molar-refractivity contribution in [3.8, 4) is 0 Å². The van der Waals surface area contributed by atoms with E-state index in [0.29, 0.717) is 25.2 Å². The molecule has 0 aromatic heterocycles. The van der Waals surface area contributed by atoms with E-state index in [-0.39, 0.29) is 23.8 Å². The van der Waals surface area contributed by atoms with Gasteiger partial charge in [0.15, 0.2) is 0 Å². The summed E-state index contributed by atoms with van der Waals surface area (Å²) in [6, 6.07) is 7.19. The zero-order valence-electron chi connectivity index (χ0n) is 11.9. The molecule has 0 saturated carbocycles. The second-order valence-electron chi connectivity index (χ2n) is 5.33. The maximum Gasteiger partial charge on any atom is 0.242 e. The van der Waals surface area contributed by atoms with Gasteiger partial charge in [0.2, 0.25) is 11.8 Å². The van der Waals surface area contributed by atoms with Crippen molar-refractivity contribution in [2.45, 2.75) is 32.2 Å². The Morgan fingerprint density at radius 3 is 2.75 bits per heavy atom. The minimum atomic E-state index is -0.380. The number of nitrogens with zero attached hydrogens (tertiary/aromatic N) is 1. The van der Waals surface area contributed by atoms with Crippen LogP contribution in [0.5, 0.6) is 0 Å². The summed E-state index contributed by atoms with van der Waals surface area (Å²) in [6.45, 7) is 4.89. The molecule has 2 unspecified atom stereocenters. The maximum atomic E-state index is 12.3. The maximum absolute atomic E-state index is 12.3. The first-order valence-corrected chi connectivity index (χ1v) is 6.91. The van der Waals surface area contributed by atoms with Crippen molar-refractivity contribution in [3.05, 3.63) is 29.8 Å². The molecular weight excluding hydrogens is 254 g/mol. The first kappa shape index (κ1) is 14.4. The third-order valence-electron chi connectivity index (χ3n) is 3.81. The van der Waals surface area contributed by atoms with Crippen molar-refractivity contribution in [2.24, 2.45) is 0 Å². The number of nitrogens with two attached hydrogens (primary N) is 1. The summed E-state index contributed by atoms with van der Waals surface area (Å²) < 4.78 is 0. The molecule has 0 aliphatic carbocycles. The van der Waals surface area contributed by atoms with Crippen molar-refractivity contribution >= 4 is 17.5 Å². The monoisotopic (exact) mass is 275 g/mol. The predicted molar refractivity (Wildman–Crippen MR) is 78.1 cm³/mol. The summed E-state index contributed by atoms with van der Waals surface area (Å²) in [6.07, 6.45) is 0.404. The quantitative estimate of drug-likeness (QED) is 0.811. The van der Waals surface area contributed by atoms with Crippen LogP contribution in [0.2, 0.25) is 0 Å². The number of nitrogens with one attached hydrogen (secondary N) is 1. The lowest BCUT2D eigenvalue weighted by molar-refractivity contribution is -0.142. The van der Waals surface area contributed by atoms with Crippen LogP contribution in [0.25, 0.3) is 0 Å². The molecule has 0 radical (unpaired) electrons. The fraction of sp³-hybridized carbons (Fsp3) is 0.467. The SMILES string of the molecule is CC(CC(=O)N1CCNC(=O)C1C)c1ccc(N)cc1. The highest BCUT2D eigenvalue weighted by Gasteiger charge is 2.29. The Balaban J connectivity index is 2.00. The topological polar surface area (TPSA) is 75.4 Å². The molecule has 0 spiro atoms. The van der Waals surface area contributed by atoms with E-state index in [2.05, 4.69) is 5.32 Å². The van der Waals surface area contributed by atoms with Crippen LogP contribution in [0.4, 0.5) is 5.69 Å². The highest BCUT2D eigenvalue weighted by molar-refractivity contribution is 5.88. The summed E-state index contributed by atoms with van der Waals surface area (Å²) in [5.74, 6) is 0.0571. The van der Waals surface area contributed by atoms with Crippen LogP contribution < -0.4 is 11.1 Å². The van der Waals surface area contributed by atoms with E-state index in [1.807, 2.05) is 31.2 Å². The molecule has 1 fully saturated rings. The predicted octanol–water partition coefficient (Wildman–Crippen LogP) is 1.11. The first-order valence-electron chi connectivity index (χ1n) is 6.91. The third-order valence-corrected chi connectivity index (χ3v) is 3.81. The molecule has 1 aliphatic rings. The number of rotatable bonds is 3. The number of hydrogen-bond acceptors (Lipinski definition) is 3. The fourth-order valence-electron chi connectivity index (χ4n) is 2.44. The summed E-state index contributed by atoms with van der Waals surface area (Å²) >= 11 is 0. The minimum absolute atomic E-state index is 0.0247. The second-order valence-corrected chi connectivity index (χ2v) is 5.33. The largest absolute Gasteiger partial charge is 0.399 e. The van der Waals surface area contributed by atoms with E-state index in [1.165, 1.54) is 0 Å². The standard InChI is InChI=1S/C15H21N3O2/c1-10(12-3-5-13(16)6-4-12)9-14(19)18-8-7-17-15(20)11(18)2/h3-6,10-11H,7-9,16H2,1-2H3,(H,17,20). The van der Waals surface area contributed by atoms with Gasteiger partial charge in [0.05, 0.1) is 0 Å². The zero-order valence-corrected chi connectivity index (χ0v) is 11.9. The van der Waals surface area contributed by atoms with Crippen molar-refractivity contribution in [2.75, 3.05) is 18.8 Å². The van der Waals surface area contributed by atoms with Gasteiger partial charge in [-0.2, -0.15) is 0 Å². The lowest BCUT2D eigenvalue weighted by Crippen LogP contribution is -2.55. The summed E-state index contributed by atoms with van der Waals surface area (Å²) in [4.78, 5) is 25.6. The van der Waals surface area contributed by atoms with Crippen molar-refractivity contribution < 1.29 is 9.59 Å². The number of benzene rings is 1. The molecule has 0 bridgehead atoms. The Labute approximate surface area is 119 Å². The van der Waals surface area contributed by atoms with Crippen LogP contribution >= 0.6 is 0 Å². The van der Waals surface area contributed by atoms with Crippen LogP contribution in [0.1, 0.15) is 31.7 Å². The number of carbonyl (C=O) groups excluding carboxylic acids is 2. The summed E-state index contributed by atoms with van der Waals surface area (Å²) in [7, 11) is 0. The molecule has 20 heavy (non-hydrogen) atoms. The molecule has 108 valence electrons. The van der Waals surface area contributed by atoms with Gasteiger partial charge in [-0.1, -0.05) is 19.1 Å². The van der Waals surface area contributed by atoms with Crippen LogP contribution in [0, 0.1) is 0 Å². The molecular formula is C15H21N3O2. The molecule has 5 nitrogen and oxygen atoms in total. The Kier molecular flexibility index (Phi) is 4.27. The van der Waals surface area contributed by atoms with E-state index < -0.39 is 0 Å². The van der Waals surface area contributed by atoms with E-state index in [4.69, 9.17) is 5.73 Å². The van der Waals surface area contributed by atoms with E-state index in [9.17, 15) is 9.59 Å².